The van der Waals surface area contributed by atoms with Gasteiger partial charge in [0, 0.05) is 11.8 Å². The lowest BCUT2D eigenvalue weighted by atomic mass is 10.1. The van der Waals surface area contributed by atoms with Crippen LogP contribution in [0.25, 0.3) is 6.08 Å². The smallest absolute Gasteiger partial charge is 0.331 e. The van der Waals surface area contributed by atoms with Crippen molar-refractivity contribution in [3.8, 4) is 5.75 Å². The third kappa shape index (κ3) is 5.49. The van der Waals surface area contributed by atoms with Crippen LogP contribution in [0.2, 0.25) is 0 Å². The number of carbonyl (C=O) groups excluding carboxylic acids is 2. The topological polar surface area (TPSA) is 64.6 Å². The molecule has 0 saturated carbocycles. The minimum Gasteiger partial charge on any atom is -0.497 e. The van der Waals surface area contributed by atoms with Crippen molar-refractivity contribution in [3.63, 3.8) is 0 Å². The Bertz CT molecular complexity index is 776. The average molecular weight is 339 g/mol. The van der Waals surface area contributed by atoms with E-state index in [0.29, 0.717) is 5.75 Å². The van der Waals surface area contributed by atoms with Crippen molar-refractivity contribution < 1.29 is 19.1 Å². The summed E-state index contributed by atoms with van der Waals surface area (Å²) in [6.45, 7) is 3.48. The summed E-state index contributed by atoms with van der Waals surface area (Å²) in [6.07, 6.45) is 2.88. The van der Waals surface area contributed by atoms with Crippen LogP contribution < -0.4 is 10.1 Å². The minimum atomic E-state index is -0.584. The summed E-state index contributed by atoms with van der Waals surface area (Å²) in [7, 11) is 1.58. The zero-order chi connectivity index (χ0) is 18.2. The van der Waals surface area contributed by atoms with E-state index in [-0.39, 0.29) is 12.5 Å². The molecule has 0 aliphatic heterocycles. The van der Waals surface area contributed by atoms with Gasteiger partial charge in [0.2, 0.25) is 0 Å². The molecule has 0 heterocycles. The predicted octanol–water partition coefficient (Wildman–Crippen LogP) is 3.51. The molecule has 0 aromatic heterocycles. The summed E-state index contributed by atoms with van der Waals surface area (Å²) in [6, 6.07) is 13.0. The SMILES string of the molecule is COc1cccc(C=CC(=O)OCC(=O)Nc2c(C)cccc2C)c1. The number of nitrogens with one attached hydrogen (secondary N) is 1. The van der Waals surface area contributed by atoms with Crippen LogP contribution in [-0.4, -0.2) is 25.6 Å². The Morgan fingerprint density at radius 1 is 1.08 bits per heavy atom. The van der Waals surface area contributed by atoms with Crippen LogP contribution in [-0.2, 0) is 14.3 Å². The molecule has 130 valence electrons. The van der Waals surface area contributed by atoms with E-state index in [4.69, 9.17) is 9.47 Å². The molecule has 0 aliphatic carbocycles. The molecule has 2 rings (SSSR count). The highest BCUT2D eigenvalue weighted by molar-refractivity contribution is 5.95. The van der Waals surface area contributed by atoms with Gasteiger partial charge in [0.15, 0.2) is 6.61 Å². The third-order valence-electron chi connectivity index (χ3n) is 3.60. The average Bonchev–Trinajstić information content (AvgIpc) is 2.61. The van der Waals surface area contributed by atoms with Gasteiger partial charge in [-0.05, 0) is 48.7 Å². The number of anilines is 1. The molecule has 0 atom stereocenters. The number of hydrogen-bond acceptors (Lipinski definition) is 4. The Balaban J connectivity index is 1.87. The first-order valence-electron chi connectivity index (χ1n) is 7.84. The number of esters is 1. The summed E-state index contributed by atoms with van der Waals surface area (Å²) < 4.78 is 10.1. The number of carbonyl (C=O) groups is 2. The van der Waals surface area contributed by atoms with E-state index in [1.165, 1.54) is 6.08 Å². The highest BCUT2D eigenvalue weighted by Crippen LogP contribution is 2.19. The van der Waals surface area contributed by atoms with Gasteiger partial charge < -0.3 is 14.8 Å². The van der Waals surface area contributed by atoms with Crippen LogP contribution in [0.4, 0.5) is 5.69 Å². The fourth-order valence-electron chi connectivity index (χ4n) is 2.28. The Hall–Kier alpha value is -3.08. The third-order valence-corrected chi connectivity index (χ3v) is 3.60. The fraction of sp³-hybridized carbons (Fsp3) is 0.200. The number of ether oxygens (including phenoxy) is 2. The minimum absolute atomic E-state index is 0.338. The Morgan fingerprint density at radius 3 is 2.44 bits per heavy atom. The van der Waals surface area contributed by atoms with Crippen molar-refractivity contribution in [3.05, 3.63) is 65.2 Å². The predicted molar refractivity (Wildman–Crippen MR) is 97.5 cm³/mol. The van der Waals surface area contributed by atoms with E-state index in [2.05, 4.69) is 5.32 Å². The molecule has 0 spiro atoms. The molecule has 1 amide bonds. The number of para-hydroxylation sites is 1. The van der Waals surface area contributed by atoms with Crippen LogP contribution in [0.1, 0.15) is 16.7 Å². The summed E-state index contributed by atoms with van der Waals surface area (Å²) in [5.74, 6) is -0.261. The summed E-state index contributed by atoms with van der Waals surface area (Å²) in [5, 5.41) is 2.77. The molecule has 0 aliphatic rings. The molecular formula is C20H21NO4. The second-order valence-corrected chi connectivity index (χ2v) is 5.53. The van der Waals surface area contributed by atoms with Crippen LogP contribution in [0.3, 0.4) is 0 Å². The standard InChI is InChI=1S/C20H21NO4/c1-14-6-4-7-15(2)20(14)21-18(22)13-25-19(23)11-10-16-8-5-9-17(12-16)24-3/h4-12H,13H2,1-3H3,(H,21,22). The molecule has 1 N–H and O–H groups in total. The van der Waals surface area contributed by atoms with Crippen molar-refractivity contribution >= 4 is 23.6 Å². The first-order chi connectivity index (χ1) is 12.0. The summed E-state index contributed by atoms with van der Waals surface area (Å²) in [5.41, 5.74) is 3.46. The van der Waals surface area contributed by atoms with E-state index in [9.17, 15) is 9.59 Å². The second kappa shape index (κ2) is 8.68. The number of benzene rings is 2. The molecule has 5 nitrogen and oxygen atoms in total. The van der Waals surface area contributed by atoms with Crippen molar-refractivity contribution in [1.82, 2.24) is 0 Å². The molecule has 5 heteroatoms. The van der Waals surface area contributed by atoms with Crippen LogP contribution in [0.15, 0.2) is 48.5 Å². The number of aryl methyl sites for hydroxylation is 2. The van der Waals surface area contributed by atoms with E-state index in [1.807, 2.05) is 50.2 Å². The number of methoxy groups -OCH3 is 1. The summed E-state index contributed by atoms with van der Waals surface area (Å²) >= 11 is 0. The maximum Gasteiger partial charge on any atom is 0.331 e. The van der Waals surface area contributed by atoms with Gasteiger partial charge in [-0.2, -0.15) is 0 Å². The normalized spacial score (nSPS) is 10.5. The summed E-state index contributed by atoms with van der Waals surface area (Å²) in [4.78, 5) is 23.7. The maximum atomic E-state index is 12.0. The Labute approximate surface area is 147 Å². The lowest BCUT2D eigenvalue weighted by molar-refractivity contribution is -0.142. The number of amides is 1. The van der Waals surface area contributed by atoms with E-state index in [0.717, 1.165) is 22.4 Å². The first kappa shape index (κ1) is 18.3. The largest absolute Gasteiger partial charge is 0.497 e. The van der Waals surface area contributed by atoms with Crippen molar-refractivity contribution in [1.29, 1.82) is 0 Å². The van der Waals surface area contributed by atoms with Gasteiger partial charge in [-0.1, -0.05) is 30.3 Å². The van der Waals surface area contributed by atoms with Gasteiger partial charge in [-0.25, -0.2) is 4.79 Å². The monoisotopic (exact) mass is 339 g/mol. The fourth-order valence-corrected chi connectivity index (χ4v) is 2.28. The van der Waals surface area contributed by atoms with Crippen LogP contribution >= 0.6 is 0 Å². The zero-order valence-corrected chi connectivity index (χ0v) is 14.5. The van der Waals surface area contributed by atoms with Crippen LogP contribution in [0.5, 0.6) is 5.75 Å². The van der Waals surface area contributed by atoms with Crippen molar-refractivity contribution in [2.75, 3.05) is 19.0 Å². The molecular weight excluding hydrogens is 318 g/mol. The number of hydrogen-bond donors (Lipinski definition) is 1. The molecule has 0 fully saturated rings. The van der Waals surface area contributed by atoms with Crippen molar-refractivity contribution in [2.45, 2.75) is 13.8 Å². The van der Waals surface area contributed by atoms with Gasteiger partial charge in [0.25, 0.3) is 5.91 Å². The molecule has 2 aromatic rings. The van der Waals surface area contributed by atoms with Crippen LogP contribution in [0, 0.1) is 13.8 Å². The molecule has 2 aromatic carbocycles. The van der Waals surface area contributed by atoms with Gasteiger partial charge in [0.05, 0.1) is 7.11 Å². The molecule has 0 radical (unpaired) electrons. The zero-order valence-electron chi connectivity index (χ0n) is 14.5. The van der Waals surface area contributed by atoms with E-state index in [1.54, 1.807) is 19.3 Å². The van der Waals surface area contributed by atoms with E-state index >= 15 is 0 Å². The lowest BCUT2D eigenvalue weighted by Crippen LogP contribution is -2.21. The Morgan fingerprint density at radius 2 is 1.76 bits per heavy atom. The van der Waals surface area contributed by atoms with Crippen molar-refractivity contribution in [2.24, 2.45) is 0 Å². The van der Waals surface area contributed by atoms with E-state index < -0.39 is 5.97 Å². The second-order valence-electron chi connectivity index (χ2n) is 5.53. The maximum absolute atomic E-state index is 12.0. The highest BCUT2D eigenvalue weighted by Gasteiger charge is 2.09. The molecule has 25 heavy (non-hydrogen) atoms. The molecule has 0 bridgehead atoms. The highest BCUT2D eigenvalue weighted by atomic mass is 16.5. The first-order valence-corrected chi connectivity index (χ1v) is 7.84. The van der Waals surface area contributed by atoms with Gasteiger partial charge >= 0.3 is 5.97 Å². The van der Waals surface area contributed by atoms with Gasteiger partial charge in [0.1, 0.15) is 5.75 Å². The quantitative estimate of drug-likeness (QED) is 0.646. The lowest BCUT2D eigenvalue weighted by Gasteiger charge is -2.11. The number of rotatable bonds is 6. The van der Waals surface area contributed by atoms with Gasteiger partial charge in [-0.3, -0.25) is 4.79 Å². The molecule has 0 unspecified atom stereocenters. The van der Waals surface area contributed by atoms with Gasteiger partial charge in [-0.15, -0.1) is 0 Å². The molecule has 0 saturated heterocycles. The Kier molecular flexibility index (Phi) is 6.34.